The largest absolute Gasteiger partial charge is 0.493 e. The maximum Gasteiger partial charge on any atom is 0.242 e. The Bertz CT molecular complexity index is 907. The van der Waals surface area contributed by atoms with E-state index in [1.807, 2.05) is 18.2 Å². The van der Waals surface area contributed by atoms with Gasteiger partial charge < -0.3 is 10.1 Å². The first kappa shape index (κ1) is 17.4. The molecule has 1 aliphatic rings. The lowest BCUT2D eigenvalue weighted by Crippen LogP contribution is -2.22. The van der Waals surface area contributed by atoms with Crippen molar-refractivity contribution in [2.45, 2.75) is 17.7 Å². The highest BCUT2D eigenvalue weighted by Gasteiger charge is 2.18. The van der Waals surface area contributed by atoms with Gasteiger partial charge in [0.1, 0.15) is 5.75 Å². The van der Waals surface area contributed by atoms with Crippen LogP contribution in [0.15, 0.2) is 47.4 Å². The van der Waals surface area contributed by atoms with E-state index in [1.165, 1.54) is 26.2 Å². The van der Waals surface area contributed by atoms with Crippen LogP contribution >= 0.6 is 0 Å². The van der Waals surface area contributed by atoms with Gasteiger partial charge in [0, 0.05) is 26.2 Å². The number of benzene rings is 2. The molecule has 132 valence electrons. The van der Waals surface area contributed by atoms with Gasteiger partial charge in [-0.3, -0.25) is 4.79 Å². The van der Waals surface area contributed by atoms with Crippen LogP contribution in [0.25, 0.3) is 0 Å². The Morgan fingerprint density at radius 2 is 2.00 bits per heavy atom. The van der Waals surface area contributed by atoms with Crippen molar-refractivity contribution in [2.24, 2.45) is 0 Å². The molecule has 0 atom stereocenters. The van der Waals surface area contributed by atoms with Crippen LogP contribution in [0.2, 0.25) is 0 Å². The number of fused-ring (bicyclic) bond motifs is 1. The van der Waals surface area contributed by atoms with Crippen LogP contribution in [0.5, 0.6) is 5.75 Å². The summed E-state index contributed by atoms with van der Waals surface area (Å²) in [5.41, 5.74) is 2.47. The topological polar surface area (TPSA) is 75.7 Å². The molecule has 2 aromatic carbocycles. The van der Waals surface area contributed by atoms with Gasteiger partial charge in [-0.2, -0.15) is 0 Å². The number of ether oxygens (including phenoxy) is 1. The molecule has 0 aromatic heterocycles. The average Bonchev–Trinajstić information content (AvgIpc) is 3.02. The summed E-state index contributed by atoms with van der Waals surface area (Å²) in [5.74, 6) is 0.684. The van der Waals surface area contributed by atoms with Crippen LogP contribution < -0.4 is 10.1 Å². The second kappa shape index (κ2) is 6.85. The van der Waals surface area contributed by atoms with Crippen molar-refractivity contribution >= 4 is 21.6 Å². The van der Waals surface area contributed by atoms with E-state index in [0.29, 0.717) is 12.3 Å². The van der Waals surface area contributed by atoms with Crippen molar-refractivity contribution in [3.63, 3.8) is 0 Å². The number of hydrogen-bond acceptors (Lipinski definition) is 4. The van der Waals surface area contributed by atoms with E-state index in [1.54, 1.807) is 12.1 Å². The number of hydrogen-bond donors (Lipinski definition) is 1. The third-order valence-corrected chi connectivity index (χ3v) is 5.83. The van der Waals surface area contributed by atoms with Crippen molar-refractivity contribution in [3.8, 4) is 5.75 Å². The van der Waals surface area contributed by atoms with E-state index in [4.69, 9.17) is 4.74 Å². The molecule has 0 saturated heterocycles. The summed E-state index contributed by atoms with van der Waals surface area (Å²) in [6.07, 6.45) is 1.08. The first-order valence-electron chi connectivity index (χ1n) is 7.93. The number of carbonyl (C=O) groups excluding carboxylic acids is 1. The highest BCUT2D eigenvalue weighted by Crippen LogP contribution is 2.26. The minimum Gasteiger partial charge on any atom is -0.493 e. The lowest BCUT2D eigenvalue weighted by molar-refractivity contribution is -0.115. The van der Waals surface area contributed by atoms with E-state index in [-0.39, 0.29) is 17.2 Å². The molecule has 7 heteroatoms. The van der Waals surface area contributed by atoms with Crippen LogP contribution in [-0.2, 0) is 27.7 Å². The average molecular weight is 360 g/mol. The van der Waals surface area contributed by atoms with Crippen LogP contribution in [0.4, 0.5) is 5.69 Å². The molecule has 1 amide bonds. The number of rotatable bonds is 5. The van der Waals surface area contributed by atoms with E-state index >= 15 is 0 Å². The van der Waals surface area contributed by atoms with Gasteiger partial charge in [-0.05, 0) is 35.4 Å². The molecule has 1 N–H and O–H groups in total. The smallest absolute Gasteiger partial charge is 0.242 e. The summed E-state index contributed by atoms with van der Waals surface area (Å²) in [5, 5.41) is 2.76. The molecule has 0 spiro atoms. The molecular formula is C18H20N2O4S. The molecule has 0 radical (unpaired) electrons. The van der Waals surface area contributed by atoms with Crippen molar-refractivity contribution in [1.29, 1.82) is 0 Å². The Morgan fingerprint density at radius 3 is 2.76 bits per heavy atom. The normalized spacial score (nSPS) is 13.4. The second-order valence-corrected chi connectivity index (χ2v) is 8.23. The number of amides is 1. The van der Waals surface area contributed by atoms with E-state index in [9.17, 15) is 13.2 Å². The predicted molar refractivity (Wildman–Crippen MR) is 95.3 cm³/mol. The number of anilines is 1. The minimum absolute atomic E-state index is 0.143. The number of nitrogens with zero attached hydrogens (tertiary/aromatic N) is 1. The highest BCUT2D eigenvalue weighted by molar-refractivity contribution is 7.89. The Labute approximate surface area is 147 Å². The summed E-state index contributed by atoms with van der Waals surface area (Å²) in [6, 6.07) is 12.0. The maximum absolute atomic E-state index is 12.3. The standard InChI is InChI=1S/C18H20N2O4S/c1-20(2)25(22,23)16-5-3-4-15(12-16)19-18(21)11-13-6-7-17-14(10-13)8-9-24-17/h3-7,10,12H,8-9,11H2,1-2H3,(H,19,21). The number of sulfonamides is 1. The molecule has 0 unspecified atom stereocenters. The molecule has 0 fully saturated rings. The van der Waals surface area contributed by atoms with Gasteiger partial charge >= 0.3 is 0 Å². The van der Waals surface area contributed by atoms with Gasteiger partial charge in [-0.25, -0.2) is 12.7 Å². The summed E-state index contributed by atoms with van der Waals surface area (Å²) < 4.78 is 30.9. The monoisotopic (exact) mass is 360 g/mol. The predicted octanol–water partition coefficient (Wildman–Crippen LogP) is 2.05. The fourth-order valence-corrected chi connectivity index (χ4v) is 3.63. The highest BCUT2D eigenvalue weighted by atomic mass is 32.2. The van der Waals surface area contributed by atoms with Crippen molar-refractivity contribution < 1.29 is 17.9 Å². The molecule has 0 saturated carbocycles. The van der Waals surface area contributed by atoms with Crippen LogP contribution in [0, 0.1) is 0 Å². The minimum atomic E-state index is -3.53. The zero-order chi connectivity index (χ0) is 18.0. The van der Waals surface area contributed by atoms with Crippen LogP contribution in [0.3, 0.4) is 0 Å². The molecule has 0 aliphatic carbocycles. The van der Waals surface area contributed by atoms with E-state index < -0.39 is 10.0 Å². The van der Waals surface area contributed by atoms with Gasteiger partial charge in [0.25, 0.3) is 0 Å². The zero-order valence-corrected chi connectivity index (χ0v) is 15.0. The number of carbonyl (C=O) groups is 1. The lowest BCUT2D eigenvalue weighted by Gasteiger charge is -2.13. The van der Waals surface area contributed by atoms with E-state index in [2.05, 4.69) is 5.32 Å². The first-order valence-corrected chi connectivity index (χ1v) is 9.37. The van der Waals surface area contributed by atoms with Crippen molar-refractivity contribution in [3.05, 3.63) is 53.6 Å². The molecule has 2 aromatic rings. The third kappa shape index (κ3) is 3.83. The summed E-state index contributed by atoms with van der Waals surface area (Å²) in [4.78, 5) is 12.4. The fourth-order valence-electron chi connectivity index (χ4n) is 2.69. The van der Waals surface area contributed by atoms with Gasteiger partial charge in [-0.15, -0.1) is 0 Å². The molecule has 1 heterocycles. The molecule has 1 aliphatic heterocycles. The Balaban J connectivity index is 1.71. The van der Waals surface area contributed by atoms with Crippen molar-refractivity contribution in [2.75, 3.05) is 26.0 Å². The Hall–Kier alpha value is -2.38. The molecule has 0 bridgehead atoms. The first-order chi connectivity index (χ1) is 11.9. The SMILES string of the molecule is CN(C)S(=O)(=O)c1cccc(NC(=O)Cc2ccc3c(c2)CCO3)c1. The quantitative estimate of drug-likeness (QED) is 0.885. The van der Waals surface area contributed by atoms with Gasteiger partial charge in [0.15, 0.2) is 0 Å². The van der Waals surface area contributed by atoms with Gasteiger partial charge in [0.2, 0.25) is 15.9 Å². The maximum atomic E-state index is 12.3. The second-order valence-electron chi connectivity index (χ2n) is 6.08. The number of nitrogens with one attached hydrogen (secondary N) is 1. The van der Waals surface area contributed by atoms with Gasteiger partial charge in [0.05, 0.1) is 17.9 Å². The zero-order valence-electron chi connectivity index (χ0n) is 14.2. The summed E-state index contributed by atoms with van der Waals surface area (Å²) in [7, 11) is -0.592. The molecule has 25 heavy (non-hydrogen) atoms. The lowest BCUT2D eigenvalue weighted by atomic mass is 10.1. The van der Waals surface area contributed by atoms with E-state index in [0.717, 1.165) is 27.6 Å². The molecule has 3 rings (SSSR count). The van der Waals surface area contributed by atoms with Crippen LogP contribution in [0.1, 0.15) is 11.1 Å². The Morgan fingerprint density at radius 1 is 1.20 bits per heavy atom. The molecule has 6 nitrogen and oxygen atoms in total. The van der Waals surface area contributed by atoms with Gasteiger partial charge in [-0.1, -0.05) is 18.2 Å². The summed E-state index contributed by atoms with van der Waals surface area (Å²) >= 11 is 0. The summed E-state index contributed by atoms with van der Waals surface area (Å²) in [6.45, 7) is 0.679. The third-order valence-electron chi connectivity index (χ3n) is 4.01. The molecular weight excluding hydrogens is 340 g/mol. The van der Waals surface area contributed by atoms with Crippen LogP contribution in [-0.4, -0.2) is 39.3 Å². The van der Waals surface area contributed by atoms with Crippen molar-refractivity contribution in [1.82, 2.24) is 4.31 Å². The Kier molecular flexibility index (Phi) is 4.78. The fraction of sp³-hybridized carbons (Fsp3) is 0.278.